The summed E-state index contributed by atoms with van der Waals surface area (Å²) in [6.07, 6.45) is 4.63. The molecule has 2 aliphatic heterocycles. The third-order valence-corrected chi connectivity index (χ3v) is 5.32. The number of aromatic nitrogens is 2. The molecule has 0 aliphatic carbocycles. The topological polar surface area (TPSA) is 53.4 Å². The Bertz CT molecular complexity index is 547. The maximum absolute atomic E-state index is 12.9. The van der Waals surface area contributed by atoms with Crippen LogP contribution >= 0.6 is 0 Å². The van der Waals surface area contributed by atoms with Crippen LogP contribution in [0.2, 0.25) is 0 Å². The van der Waals surface area contributed by atoms with Gasteiger partial charge in [-0.1, -0.05) is 0 Å². The maximum atomic E-state index is 12.9. The van der Waals surface area contributed by atoms with Crippen LogP contribution < -0.4 is 10.2 Å². The number of rotatable bonds is 5. The van der Waals surface area contributed by atoms with E-state index in [-0.39, 0.29) is 11.9 Å². The first-order chi connectivity index (χ1) is 11.1. The van der Waals surface area contributed by atoms with E-state index in [0.29, 0.717) is 0 Å². The zero-order chi connectivity index (χ0) is 16.4. The van der Waals surface area contributed by atoms with E-state index in [1.807, 2.05) is 36.7 Å². The maximum Gasteiger partial charge on any atom is 0.245 e. The van der Waals surface area contributed by atoms with E-state index in [1.165, 1.54) is 19.3 Å². The van der Waals surface area contributed by atoms with Crippen molar-refractivity contribution in [1.82, 2.24) is 20.0 Å². The molecule has 1 aromatic rings. The first kappa shape index (κ1) is 16.5. The van der Waals surface area contributed by atoms with Crippen LogP contribution in [0.25, 0.3) is 0 Å². The number of hydrogen-bond acceptors (Lipinski definition) is 4. The number of anilines is 1. The summed E-state index contributed by atoms with van der Waals surface area (Å²) < 4.78 is 1.82. The summed E-state index contributed by atoms with van der Waals surface area (Å²) in [6.45, 7) is 5.99. The number of carbonyl (C=O) groups is 1. The highest BCUT2D eigenvalue weighted by Gasteiger charge is 2.38. The zero-order valence-electron chi connectivity index (χ0n) is 14.6. The summed E-state index contributed by atoms with van der Waals surface area (Å²) in [5, 5.41) is 7.61. The Morgan fingerprint density at radius 1 is 1.26 bits per heavy atom. The number of hydrogen-bond donors (Lipinski definition) is 1. The van der Waals surface area contributed by atoms with Crippen LogP contribution in [-0.4, -0.2) is 59.9 Å². The Morgan fingerprint density at radius 2 is 2.00 bits per heavy atom. The van der Waals surface area contributed by atoms with Crippen LogP contribution in [0.1, 0.15) is 31.4 Å². The van der Waals surface area contributed by atoms with E-state index >= 15 is 0 Å². The number of carbonyl (C=O) groups excluding carboxylic acids is 1. The molecule has 0 bridgehead atoms. The van der Waals surface area contributed by atoms with Crippen LogP contribution in [0.3, 0.4) is 0 Å². The molecule has 2 fully saturated rings. The van der Waals surface area contributed by atoms with E-state index < -0.39 is 0 Å². The van der Waals surface area contributed by atoms with E-state index in [2.05, 4.69) is 15.3 Å². The molecular weight excluding hydrogens is 290 g/mol. The van der Waals surface area contributed by atoms with E-state index in [0.717, 1.165) is 50.0 Å². The average molecular weight is 319 g/mol. The lowest BCUT2D eigenvalue weighted by Gasteiger charge is -2.35. The summed E-state index contributed by atoms with van der Waals surface area (Å²) in [6, 6.07) is 2.07. The molecule has 23 heavy (non-hydrogen) atoms. The molecule has 0 radical (unpaired) electrons. The summed E-state index contributed by atoms with van der Waals surface area (Å²) >= 11 is 0. The predicted octanol–water partition coefficient (Wildman–Crippen LogP) is 1.16. The van der Waals surface area contributed by atoms with E-state index in [1.54, 1.807) is 0 Å². The number of likely N-dealkylation sites (tertiary alicyclic amines) is 1. The van der Waals surface area contributed by atoms with Gasteiger partial charge in [0.05, 0.1) is 11.7 Å². The first-order valence-electron chi connectivity index (χ1n) is 8.81. The van der Waals surface area contributed by atoms with Crippen LogP contribution in [0.5, 0.6) is 0 Å². The number of nitrogens with one attached hydrogen (secondary N) is 1. The second-order valence-electron chi connectivity index (χ2n) is 6.93. The highest BCUT2D eigenvalue weighted by molar-refractivity contribution is 5.98. The third kappa shape index (κ3) is 3.43. The van der Waals surface area contributed by atoms with Crippen molar-refractivity contribution in [2.45, 2.75) is 38.6 Å². The van der Waals surface area contributed by atoms with Crippen molar-refractivity contribution in [1.29, 1.82) is 0 Å². The van der Waals surface area contributed by atoms with Crippen LogP contribution in [0.15, 0.2) is 6.07 Å². The molecule has 2 aliphatic rings. The second-order valence-corrected chi connectivity index (χ2v) is 6.93. The highest BCUT2D eigenvalue weighted by atomic mass is 16.2. The largest absolute Gasteiger partial charge is 0.320 e. The van der Waals surface area contributed by atoms with E-state index in [9.17, 15) is 4.79 Å². The van der Waals surface area contributed by atoms with Crippen LogP contribution in [0, 0.1) is 12.8 Å². The van der Waals surface area contributed by atoms with Gasteiger partial charge in [-0.25, -0.2) is 0 Å². The molecule has 1 unspecified atom stereocenters. The smallest absolute Gasteiger partial charge is 0.245 e. The van der Waals surface area contributed by atoms with Gasteiger partial charge in [-0.3, -0.25) is 19.3 Å². The Labute approximate surface area is 138 Å². The van der Waals surface area contributed by atoms with Crippen molar-refractivity contribution >= 4 is 11.7 Å². The van der Waals surface area contributed by atoms with Gasteiger partial charge < -0.3 is 5.32 Å². The summed E-state index contributed by atoms with van der Waals surface area (Å²) in [5.74, 6) is 1.99. The Kier molecular flexibility index (Phi) is 5.02. The lowest BCUT2D eigenvalue weighted by Crippen LogP contribution is -2.46. The number of aryl methyl sites for hydroxylation is 2. The molecule has 1 amide bonds. The predicted molar refractivity (Wildman–Crippen MR) is 91.5 cm³/mol. The summed E-state index contributed by atoms with van der Waals surface area (Å²) in [7, 11) is 3.93. The van der Waals surface area contributed by atoms with Gasteiger partial charge in [-0.15, -0.1) is 0 Å². The fourth-order valence-electron chi connectivity index (χ4n) is 3.98. The van der Waals surface area contributed by atoms with Gasteiger partial charge in [-0.2, -0.15) is 5.10 Å². The molecule has 6 heteroatoms. The lowest BCUT2D eigenvalue weighted by atomic mass is 9.92. The summed E-state index contributed by atoms with van der Waals surface area (Å²) in [4.78, 5) is 17.2. The van der Waals surface area contributed by atoms with Crippen molar-refractivity contribution < 1.29 is 4.79 Å². The van der Waals surface area contributed by atoms with Crippen molar-refractivity contribution in [3.63, 3.8) is 0 Å². The van der Waals surface area contributed by atoms with Crippen LogP contribution in [0.4, 0.5) is 5.82 Å². The molecule has 1 atom stereocenters. The molecule has 0 spiro atoms. The average Bonchev–Trinajstić information content (AvgIpc) is 3.07. The fraction of sp³-hybridized carbons (Fsp3) is 0.765. The molecule has 0 aromatic carbocycles. The molecule has 6 nitrogen and oxygen atoms in total. The summed E-state index contributed by atoms with van der Waals surface area (Å²) in [5.41, 5.74) is 0.962. The normalized spacial score (nSPS) is 23.9. The quantitative estimate of drug-likeness (QED) is 0.885. The Morgan fingerprint density at radius 3 is 2.61 bits per heavy atom. The van der Waals surface area contributed by atoms with Crippen LogP contribution in [-0.2, 0) is 11.8 Å². The minimum Gasteiger partial charge on any atom is -0.320 e. The van der Waals surface area contributed by atoms with Gasteiger partial charge in [0.25, 0.3) is 0 Å². The van der Waals surface area contributed by atoms with Crippen molar-refractivity contribution in [2.24, 2.45) is 13.0 Å². The van der Waals surface area contributed by atoms with Crippen molar-refractivity contribution in [2.75, 3.05) is 38.1 Å². The fourth-order valence-corrected chi connectivity index (χ4v) is 3.98. The van der Waals surface area contributed by atoms with Gasteiger partial charge in [0, 0.05) is 19.7 Å². The van der Waals surface area contributed by atoms with E-state index in [4.69, 9.17) is 0 Å². The molecule has 0 saturated carbocycles. The van der Waals surface area contributed by atoms with Crippen molar-refractivity contribution in [3.8, 4) is 0 Å². The van der Waals surface area contributed by atoms with Gasteiger partial charge >= 0.3 is 0 Å². The number of amides is 1. The molecule has 3 heterocycles. The second kappa shape index (κ2) is 7.01. The molecule has 2 saturated heterocycles. The van der Waals surface area contributed by atoms with Gasteiger partial charge in [0.15, 0.2) is 0 Å². The minimum atomic E-state index is 0.0652. The highest BCUT2D eigenvalue weighted by Crippen LogP contribution is 2.28. The third-order valence-electron chi connectivity index (χ3n) is 5.32. The number of nitrogens with zero attached hydrogens (tertiary/aromatic N) is 4. The Balaban J connectivity index is 1.59. The first-order valence-corrected chi connectivity index (χ1v) is 8.81. The SMILES string of the molecule is CNCCC1CCN(C2CCN(c3cc(C)nn3C)C2=O)CC1. The molecular formula is C17H29N5O. The van der Waals surface area contributed by atoms with Gasteiger partial charge in [0.1, 0.15) is 5.82 Å². The molecule has 128 valence electrons. The molecule has 3 rings (SSSR count). The van der Waals surface area contributed by atoms with Gasteiger partial charge in [-0.05, 0) is 65.2 Å². The van der Waals surface area contributed by atoms with Gasteiger partial charge in [0.2, 0.25) is 5.91 Å². The monoisotopic (exact) mass is 319 g/mol. The molecule has 1 N–H and O–H groups in total. The molecule has 1 aromatic heterocycles. The standard InChI is InChI=1S/C17H29N5O/c1-13-12-16(20(3)19-13)22-11-7-15(17(22)23)21-9-5-14(6-10-21)4-8-18-2/h12,14-15,18H,4-11H2,1-3H3. The Hall–Kier alpha value is -1.40. The minimum absolute atomic E-state index is 0.0652. The number of piperidine rings is 1. The van der Waals surface area contributed by atoms with Crippen molar-refractivity contribution in [3.05, 3.63) is 11.8 Å². The zero-order valence-corrected chi connectivity index (χ0v) is 14.6. The lowest BCUT2D eigenvalue weighted by molar-refractivity contribution is -0.122.